The van der Waals surface area contributed by atoms with E-state index in [4.69, 9.17) is 0 Å². The standard InChI is InChI=1S/C28H27FN6O/c1-19-13-24(6-4-21(19)18-35-11-9-34(2)10-12-35)31-28(36)22-14-20(16-30-17-22)3-8-26-25-7-5-23(29)15-27(25)33-32-26/h4-7,13-17H,9-12,18H2,1-2H3,(H,31,36)(H,32,33). The lowest BCUT2D eigenvalue weighted by Gasteiger charge is -2.32. The van der Waals surface area contributed by atoms with Gasteiger partial charge in [-0.15, -0.1) is 0 Å². The summed E-state index contributed by atoms with van der Waals surface area (Å²) in [4.78, 5) is 21.9. The number of halogens is 1. The molecule has 1 fully saturated rings. The number of aromatic nitrogens is 3. The predicted molar refractivity (Wildman–Crippen MR) is 138 cm³/mol. The summed E-state index contributed by atoms with van der Waals surface area (Å²) in [6.07, 6.45) is 3.11. The minimum Gasteiger partial charge on any atom is -0.322 e. The molecule has 0 atom stereocenters. The minimum atomic E-state index is -0.351. The Labute approximate surface area is 209 Å². The molecule has 182 valence electrons. The smallest absolute Gasteiger partial charge is 0.257 e. The molecular weight excluding hydrogens is 455 g/mol. The molecule has 36 heavy (non-hydrogen) atoms. The van der Waals surface area contributed by atoms with Crippen LogP contribution < -0.4 is 5.32 Å². The zero-order valence-corrected chi connectivity index (χ0v) is 20.3. The van der Waals surface area contributed by atoms with Gasteiger partial charge in [0.15, 0.2) is 0 Å². The maximum atomic E-state index is 13.4. The first-order valence-corrected chi connectivity index (χ1v) is 11.9. The number of pyridine rings is 1. The van der Waals surface area contributed by atoms with Crippen molar-refractivity contribution in [3.05, 3.63) is 88.6 Å². The van der Waals surface area contributed by atoms with Crippen molar-refractivity contribution < 1.29 is 9.18 Å². The van der Waals surface area contributed by atoms with Gasteiger partial charge in [-0.3, -0.25) is 19.8 Å². The normalized spacial score (nSPS) is 14.4. The topological polar surface area (TPSA) is 77.1 Å². The lowest BCUT2D eigenvalue weighted by atomic mass is 10.1. The number of benzene rings is 2. The second kappa shape index (κ2) is 10.3. The molecule has 8 heteroatoms. The molecular formula is C28H27FN6O. The van der Waals surface area contributed by atoms with E-state index < -0.39 is 0 Å². The number of fused-ring (bicyclic) bond motifs is 1. The van der Waals surface area contributed by atoms with Gasteiger partial charge in [0.1, 0.15) is 11.5 Å². The molecule has 0 spiro atoms. The van der Waals surface area contributed by atoms with Crippen molar-refractivity contribution in [3.8, 4) is 11.8 Å². The van der Waals surface area contributed by atoms with E-state index in [9.17, 15) is 9.18 Å². The van der Waals surface area contributed by atoms with Gasteiger partial charge in [0.25, 0.3) is 5.91 Å². The monoisotopic (exact) mass is 482 g/mol. The molecule has 1 saturated heterocycles. The van der Waals surface area contributed by atoms with Crippen molar-refractivity contribution in [1.29, 1.82) is 0 Å². The second-order valence-electron chi connectivity index (χ2n) is 9.15. The molecule has 7 nitrogen and oxygen atoms in total. The van der Waals surface area contributed by atoms with Crippen LogP contribution in [0.3, 0.4) is 0 Å². The molecule has 1 amide bonds. The Hall–Kier alpha value is -4.06. The molecule has 3 heterocycles. The number of nitrogens with zero attached hydrogens (tertiary/aromatic N) is 4. The van der Waals surface area contributed by atoms with E-state index >= 15 is 0 Å². The third kappa shape index (κ3) is 5.43. The molecule has 0 saturated carbocycles. The van der Waals surface area contributed by atoms with E-state index in [1.807, 2.05) is 12.1 Å². The lowest BCUT2D eigenvalue weighted by Crippen LogP contribution is -2.43. The molecule has 2 N–H and O–H groups in total. The van der Waals surface area contributed by atoms with Crippen LogP contribution in [0.15, 0.2) is 54.9 Å². The highest BCUT2D eigenvalue weighted by atomic mass is 19.1. The van der Waals surface area contributed by atoms with Crippen LogP contribution >= 0.6 is 0 Å². The fraction of sp³-hybridized carbons (Fsp3) is 0.250. The van der Waals surface area contributed by atoms with E-state index in [1.54, 1.807) is 18.3 Å². The van der Waals surface area contributed by atoms with Gasteiger partial charge in [-0.2, -0.15) is 5.10 Å². The summed E-state index contributed by atoms with van der Waals surface area (Å²) >= 11 is 0. The van der Waals surface area contributed by atoms with Crippen LogP contribution in [0.1, 0.15) is 32.7 Å². The third-order valence-electron chi connectivity index (χ3n) is 6.44. The van der Waals surface area contributed by atoms with Crippen LogP contribution in [-0.4, -0.2) is 64.1 Å². The van der Waals surface area contributed by atoms with Gasteiger partial charge in [-0.05, 0) is 61.4 Å². The summed E-state index contributed by atoms with van der Waals surface area (Å²) in [6, 6.07) is 12.1. The second-order valence-corrected chi connectivity index (χ2v) is 9.15. The van der Waals surface area contributed by atoms with E-state index in [1.165, 1.54) is 23.9 Å². The first kappa shape index (κ1) is 23.7. The summed E-state index contributed by atoms with van der Waals surface area (Å²) in [7, 11) is 2.16. The van der Waals surface area contributed by atoms with Crippen LogP contribution in [0, 0.1) is 24.6 Å². The summed E-state index contributed by atoms with van der Waals surface area (Å²) in [5.74, 6) is 5.40. The van der Waals surface area contributed by atoms with Gasteiger partial charge in [0.2, 0.25) is 0 Å². The highest BCUT2D eigenvalue weighted by Crippen LogP contribution is 2.19. The number of carbonyl (C=O) groups excluding carboxylic acids is 1. The first-order valence-electron chi connectivity index (χ1n) is 11.9. The molecule has 1 aliphatic rings. The quantitative estimate of drug-likeness (QED) is 0.433. The van der Waals surface area contributed by atoms with Crippen molar-refractivity contribution in [2.75, 3.05) is 38.5 Å². The van der Waals surface area contributed by atoms with Crippen LogP contribution in [0.2, 0.25) is 0 Å². The van der Waals surface area contributed by atoms with Crippen LogP contribution in [0.5, 0.6) is 0 Å². The first-order chi connectivity index (χ1) is 17.4. The molecule has 5 rings (SSSR count). The summed E-state index contributed by atoms with van der Waals surface area (Å²) in [5.41, 5.74) is 5.25. The summed E-state index contributed by atoms with van der Waals surface area (Å²) in [5, 5.41) is 10.6. The van der Waals surface area contributed by atoms with Crippen molar-refractivity contribution in [2.24, 2.45) is 0 Å². The number of anilines is 1. The molecule has 0 bridgehead atoms. The average Bonchev–Trinajstić information content (AvgIpc) is 3.27. The lowest BCUT2D eigenvalue weighted by molar-refractivity contribution is 0.102. The van der Waals surface area contributed by atoms with Crippen molar-refractivity contribution in [3.63, 3.8) is 0 Å². The molecule has 2 aromatic carbocycles. The number of piperazine rings is 1. The summed E-state index contributed by atoms with van der Waals surface area (Å²) in [6.45, 7) is 7.29. The molecule has 2 aromatic heterocycles. The fourth-order valence-corrected chi connectivity index (χ4v) is 4.25. The molecule has 1 aliphatic heterocycles. The SMILES string of the molecule is Cc1cc(NC(=O)c2cncc(C#Cc3[nH]nc4cc(F)ccc34)c2)ccc1CN1CCN(C)CC1. The Morgan fingerprint density at radius 2 is 1.92 bits per heavy atom. The Morgan fingerprint density at radius 3 is 2.72 bits per heavy atom. The third-order valence-corrected chi connectivity index (χ3v) is 6.44. The number of carbonyl (C=O) groups is 1. The number of nitrogens with one attached hydrogen (secondary N) is 2. The van der Waals surface area contributed by atoms with Crippen LogP contribution in [-0.2, 0) is 6.54 Å². The maximum Gasteiger partial charge on any atom is 0.257 e. The highest BCUT2D eigenvalue weighted by molar-refractivity contribution is 6.04. The van der Waals surface area contributed by atoms with E-state index in [2.05, 4.69) is 62.2 Å². The number of rotatable bonds is 4. The Bertz CT molecular complexity index is 1480. The van der Waals surface area contributed by atoms with Gasteiger partial charge in [0, 0.05) is 67.8 Å². The Morgan fingerprint density at radius 1 is 1.08 bits per heavy atom. The van der Waals surface area contributed by atoms with E-state index in [0.29, 0.717) is 22.3 Å². The van der Waals surface area contributed by atoms with E-state index in [0.717, 1.165) is 49.4 Å². The summed E-state index contributed by atoms with van der Waals surface area (Å²) < 4.78 is 13.4. The van der Waals surface area contributed by atoms with Gasteiger partial charge in [-0.25, -0.2) is 4.39 Å². The highest BCUT2D eigenvalue weighted by Gasteiger charge is 2.15. The van der Waals surface area contributed by atoms with Gasteiger partial charge >= 0.3 is 0 Å². The predicted octanol–water partition coefficient (Wildman–Crippen LogP) is 3.80. The number of aryl methyl sites for hydroxylation is 1. The Kier molecular flexibility index (Phi) is 6.76. The number of H-pyrrole nitrogens is 1. The molecule has 0 unspecified atom stereocenters. The van der Waals surface area contributed by atoms with Crippen LogP contribution in [0.25, 0.3) is 10.9 Å². The zero-order chi connectivity index (χ0) is 25.1. The van der Waals surface area contributed by atoms with Crippen molar-refractivity contribution >= 4 is 22.5 Å². The van der Waals surface area contributed by atoms with Crippen molar-refractivity contribution in [1.82, 2.24) is 25.0 Å². The Balaban J connectivity index is 1.26. The van der Waals surface area contributed by atoms with E-state index in [-0.39, 0.29) is 11.7 Å². The molecule has 0 radical (unpaired) electrons. The van der Waals surface area contributed by atoms with Crippen LogP contribution in [0.4, 0.5) is 10.1 Å². The molecule has 0 aliphatic carbocycles. The van der Waals surface area contributed by atoms with Gasteiger partial charge in [-0.1, -0.05) is 12.0 Å². The minimum absolute atomic E-state index is 0.250. The number of hydrogen-bond acceptors (Lipinski definition) is 5. The maximum absolute atomic E-state index is 13.4. The largest absolute Gasteiger partial charge is 0.322 e. The number of aromatic amines is 1. The zero-order valence-electron chi connectivity index (χ0n) is 20.3. The number of amides is 1. The fourth-order valence-electron chi connectivity index (χ4n) is 4.25. The van der Waals surface area contributed by atoms with Crippen molar-refractivity contribution in [2.45, 2.75) is 13.5 Å². The molecule has 4 aromatic rings. The van der Waals surface area contributed by atoms with Gasteiger partial charge in [0.05, 0.1) is 11.1 Å². The average molecular weight is 483 g/mol. The number of hydrogen-bond donors (Lipinski definition) is 2. The number of likely N-dealkylation sites (N-methyl/N-ethyl adjacent to an activating group) is 1. The van der Waals surface area contributed by atoms with Gasteiger partial charge < -0.3 is 10.2 Å².